The molecule has 6 unspecified atom stereocenters. The van der Waals surface area contributed by atoms with Crippen molar-refractivity contribution in [1.82, 2.24) is 0 Å². The van der Waals surface area contributed by atoms with Gasteiger partial charge >= 0.3 is 0 Å². The minimum absolute atomic E-state index is 0.0439. The number of allylic oxidation sites excluding steroid dienone is 3. The molecular formula is C36H46N3O3P. The van der Waals surface area contributed by atoms with Crippen LogP contribution in [0.1, 0.15) is 82.8 Å². The molecule has 0 amide bonds. The highest BCUT2D eigenvalue weighted by atomic mass is 31.1. The van der Waals surface area contributed by atoms with Crippen LogP contribution in [0.15, 0.2) is 76.1 Å². The summed E-state index contributed by atoms with van der Waals surface area (Å²) in [5.74, 6) is 1.30. The number of ether oxygens (including phenoxy) is 2. The predicted molar refractivity (Wildman–Crippen MR) is 175 cm³/mol. The van der Waals surface area contributed by atoms with E-state index in [-0.39, 0.29) is 25.8 Å². The number of hydrogen-bond acceptors (Lipinski definition) is 5. The first-order chi connectivity index (χ1) is 20.6. The Hall–Kier alpha value is -2.34. The van der Waals surface area contributed by atoms with Gasteiger partial charge in [0.1, 0.15) is 5.84 Å². The van der Waals surface area contributed by atoms with Crippen molar-refractivity contribution in [2.75, 3.05) is 13.2 Å². The van der Waals surface area contributed by atoms with E-state index in [0.29, 0.717) is 23.6 Å². The van der Waals surface area contributed by atoms with Gasteiger partial charge in [0.25, 0.3) is 0 Å². The van der Waals surface area contributed by atoms with E-state index in [1.165, 1.54) is 16.7 Å². The first kappa shape index (κ1) is 29.4. The number of aliphatic hydroxyl groups excluding tert-OH is 1. The number of amidine groups is 1. The second-order valence-corrected chi connectivity index (χ2v) is 15.1. The van der Waals surface area contributed by atoms with Gasteiger partial charge < -0.3 is 20.3 Å². The monoisotopic (exact) mass is 599 g/mol. The van der Waals surface area contributed by atoms with Crippen molar-refractivity contribution in [3.8, 4) is 11.1 Å². The van der Waals surface area contributed by atoms with Crippen molar-refractivity contribution >= 4 is 14.7 Å². The number of rotatable bonds is 4. The lowest BCUT2D eigenvalue weighted by atomic mass is 9.53. The Morgan fingerprint density at radius 2 is 1.60 bits per heavy atom. The van der Waals surface area contributed by atoms with Crippen LogP contribution in [0.2, 0.25) is 0 Å². The smallest absolute Gasteiger partial charge is 0.188 e. The predicted octanol–water partition coefficient (Wildman–Crippen LogP) is 6.99. The average molecular weight is 600 g/mol. The van der Waals surface area contributed by atoms with Crippen LogP contribution >= 0.6 is 8.88 Å². The number of fused-ring (bicyclic) bond motifs is 4. The highest BCUT2D eigenvalue weighted by Gasteiger charge is 2.56. The molecule has 43 heavy (non-hydrogen) atoms. The number of hydrogen-bond donors (Lipinski definition) is 3. The first-order valence-corrected chi connectivity index (χ1v) is 17.0. The molecule has 0 bridgehead atoms. The van der Waals surface area contributed by atoms with Gasteiger partial charge in [-0.1, -0.05) is 74.9 Å². The third-order valence-electron chi connectivity index (χ3n) is 11.3. The van der Waals surface area contributed by atoms with Crippen molar-refractivity contribution < 1.29 is 14.6 Å². The summed E-state index contributed by atoms with van der Waals surface area (Å²) in [5, 5.41) is 11.3. The lowest BCUT2D eigenvalue weighted by molar-refractivity contribution is -0.275. The Kier molecular flexibility index (Phi) is 7.46. The largest absolute Gasteiger partial charge is 0.393 e. The van der Waals surface area contributed by atoms with Crippen LogP contribution in [-0.4, -0.2) is 36.0 Å². The van der Waals surface area contributed by atoms with Crippen molar-refractivity contribution in [1.29, 1.82) is 0 Å². The fourth-order valence-electron chi connectivity index (χ4n) is 8.88. The Balaban J connectivity index is 1.23. The maximum Gasteiger partial charge on any atom is 0.188 e. The summed E-state index contributed by atoms with van der Waals surface area (Å²) in [6.45, 7) is 8.25. The van der Waals surface area contributed by atoms with Crippen molar-refractivity contribution in [3.05, 3.63) is 82.5 Å². The van der Waals surface area contributed by atoms with E-state index < -0.39 is 5.79 Å². The summed E-state index contributed by atoms with van der Waals surface area (Å²) in [7, 11) is -0.0451. The van der Waals surface area contributed by atoms with Crippen LogP contribution in [0.4, 0.5) is 0 Å². The fourth-order valence-corrected chi connectivity index (χ4v) is 9.14. The van der Waals surface area contributed by atoms with E-state index in [0.717, 1.165) is 69.3 Å². The molecule has 228 valence electrons. The molecule has 1 aliphatic heterocycles. The Bertz CT molecular complexity index is 1470. The molecule has 1 heterocycles. The molecule has 7 heteroatoms. The number of nitrogens with zero attached hydrogens (tertiary/aromatic N) is 1. The normalized spacial score (nSPS) is 33.3. The molecule has 5 N–H and O–H groups in total. The summed E-state index contributed by atoms with van der Waals surface area (Å²) >= 11 is 0. The van der Waals surface area contributed by atoms with Crippen molar-refractivity contribution in [2.24, 2.45) is 38.7 Å². The van der Waals surface area contributed by atoms with Gasteiger partial charge in [0.15, 0.2) is 5.79 Å². The molecule has 6 nitrogen and oxygen atoms in total. The van der Waals surface area contributed by atoms with Crippen LogP contribution < -0.4 is 11.2 Å². The quantitative estimate of drug-likeness (QED) is 0.200. The van der Waals surface area contributed by atoms with E-state index in [4.69, 9.17) is 20.7 Å². The lowest BCUT2D eigenvalue weighted by Crippen LogP contribution is -2.49. The molecule has 2 aromatic carbocycles. The molecular weight excluding hydrogens is 553 g/mol. The van der Waals surface area contributed by atoms with E-state index in [1.54, 1.807) is 11.1 Å². The highest BCUT2D eigenvalue weighted by molar-refractivity contribution is 7.33. The number of aliphatic hydroxyl groups is 1. The average Bonchev–Trinajstić information content (AvgIpc) is 3.32. The SMILES string of the molecule is CC1(C)COC2(C=C3CCC4C(=C3CC2)C(c2ccc(-c3ccc(/C(N)=N/PN)cc3)cc2)CC2(C)C(O)CCC42)OC1. The zero-order valence-electron chi connectivity index (χ0n) is 25.7. The highest BCUT2D eigenvalue weighted by Crippen LogP contribution is 2.64. The molecule has 1 saturated heterocycles. The van der Waals surface area contributed by atoms with Gasteiger partial charge in [0.05, 0.1) is 28.2 Å². The van der Waals surface area contributed by atoms with E-state index in [1.807, 2.05) is 12.1 Å². The number of nitrogens with two attached hydrogens (primary N) is 2. The molecule has 3 fully saturated rings. The van der Waals surface area contributed by atoms with Crippen LogP contribution in [0.3, 0.4) is 0 Å². The summed E-state index contributed by atoms with van der Waals surface area (Å²) < 4.78 is 17.0. The maximum absolute atomic E-state index is 11.3. The van der Waals surface area contributed by atoms with Gasteiger partial charge in [-0.3, -0.25) is 5.50 Å². The molecule has 0 aromatic heterocycles. The minimum Gasteiger partial charge on any atom is -0.393 e. The standard InChI is InChI=1S/C36H46N3O3P/c1-34(2)20-41-36(42-21-34)17-16-27-26(18-36)12-13-28-30-14-15-31(40)35(30,3)19-29(32(27)28)24-8-4-22(5-9-24)23-6-10-25(11-7-23)33(37)39-43-38/h4-11,18,28-31,40,43H,12-17,19-21,38H2,1-3H3,(H2,37,39). The van der Waals surface area contributed by atoms with Crippen LogP contribution in [0, 0.1) is 22.7 Å². The van der Waals surface area contributed by atoms with Gasteiger partial charge in [-0.15, -0.1) is 0 Å². The molecule has 2 aromatic rings. The lowest BCUT2D eigenvalue weighted by Gasteiger charge is -2.53. The second-order valence-electron chi connectivity index (χ2n) is 14.6. The van der Waals surface area contributed by atoms with Gasteiger partial charge in [-0.2, -0.15) is 0 Å². The third kappa shape index (κ3) is 5.14. The van der Waals surface area contributed by atoms with Gasteiger partial charge in [0, 0.05) is 23.3 Å². The van der Waals surface area contributed by atoms with Crippen LogP contribution in [-0.2, 0) is 9.47 Å². The molecule has 7 rings (SSSR count). The molecule has 0 radical (unpaired) electrons. The Labute approximate surface area is 257 Å². The van der Waals surface area contributed by atoms with Gasteiger partial charge in [0.2, 0.25) is 0 Å². The summed E-state index contributed by atoms with van der Waals surface area (Å²) in [5.41, 5.74) is 20.8. The molecule has 1 spiro atoms. The molecule has 5 aliphatic rings. The molecule has 6 atom stereocenters. The third-order valence-corrected chi connectivity index (χ3v) is 11.6. The van der Waals surface area contributed by atoms with Crippen LogP contribution in [0.5, 0.6) is 0 Å². The maximum atomic E-state index is 11.3. The van der Waals surface area contributed by atoms with E-state index in [2.05, 4.69) is 68.0 Å². The Morgan fingerprint density at radius 1 is 0.930 bits per heavy atom. The van der Waals surface area contributed by atoms with E-state index >= 15 is 0 Å². The number of benzene rings is 2. The topological polar surface area (TPSA) is 103 Å². The second kappa shape index (κ2) is 10.9. The van der Waals surface area contributed by atoms with Crippen molar-refractivity contribution in [2.45, 2.75) is 83.5 Å². The Morgan fingerprint density at radius 3 is 2.28 bits per heavy atom. The zero-order valence-corrected chi connectivity index (χ0v) is 26.7. The summed E-state index contributed by atoms with van der Waals surface area (Å²) in [6, 6.07) is 17.4. The fraction of sp³-hybridized carbons (Fsp3) is 0.528. The molecule has 2 saturated carbocycles. The minimum atomic E-state index is -0.567. The zero-order chi connectivity index (χ0) is 30.0. The summed E-state index contributed by atoms with van der Waals surface area (Å²) in [6.07, 6.45) is 9.29. The van der Waals surface area contributed by atoms with Gasteiger partial charge in [-0.25, -0.2) is 4.76 Å². The van der Waals surface area contributed by atoms with E-state index in [9.17, 15) is 5.11 Å². The summed E-state index contributed by atoms with van der Waals surface area (Å²) in [4.78, 5) is 0. The van der Waals surface area contributed by atoms with Gasteiger partial charge in [-0.05, 0) is 89.7 Å². The van der Waals surface area contributed by atoms with Crippen LogP contribution in [0.25, 0.3) is 11.1 Å². The molecule has 4 aliphatic carbocycles. The van der Waals surface area contributed by atoms with Crippen molar-refractivity contribution in [3.63, 3.8) is 0 Å². The first-order valence-electron chi connectivity index (χ1n) is 16.0.